The third kappa shape index (κ3) is 5.08. The summed E-state index contributed by atoms with van der Waals surface area (Å²) in [6.07, 6.45) is 7.26. The molecule has 0 unspecified atom stereocenters. The van der Waals surface area contributed by atoms with Gasteiger partial charge in [0.15, 0.2) is 0 Å². The molecule has 0 heterocycles. The van der Waals surface area contributed by atoms with Crippen LogP contribution in [0.5, 0.6) is 5.75 Å². The third-order valence-corrected chi connectivity index (χ3v) is 3.96. The lowest BCUT2D eigenvalue weighted by molar-refractivity contribution is -0.114. The second-order valence-electron chi connectivity index (χ2n) is 6.16. The Morgan fingerprint density at radius 3 is 2.48 bits per heavy atom. The molecule has 2 N–H and O–H groups in total. The molecule has 2 rings (SSSR count). The molecular weight excluding hydrogens is 310 g/mol. The molecule has 3 heteroatoms. The Balaban J connectivity index is 2.31. The van der Waals surface area contributed by atoms with Crippen molar-refractivity contribution in [3.63, 3.8) is 0 Å². The average Bonchev–Trinajstić information content (AvgIpc) is 2.54. The quantitative estimate of drug-likeness (QED) is 0.711. The molecule has 0 aliphatic rings. The molecule has 0 bridgehead atoms. The summed E-state index contributed by atoms with van der Waals surface area (Å²) in [6.45, 7) is 7.55. The average molecular weight is 335 g/mol. The molecular formula is C22H25NO2. The molecule has 3 nitrogen and oxygen atoms in total. The number of aryl methyl sites for hydroxylation is 2. The van der Waals surface area contributed by atoms with Crippen LogP contribution in [0, 0.1) is 13.8 Å². The zero-order chi connectivity index (χ0) is 18.4. The van der Waals surface area contributed by atoms with Crippen LogP contribution >= 0.6 is 0 Å². The Hall–Kier alpha value is -2.81. The molecule has 130 valence electrons. The highest BCUT2D eigenvalue weighted by Crippen LogP contribution is 2.25. The van der Waals surface area contributed by atoms with Gasteiger partial charge in [-0.15, -0.1) is 0 Å². The van der Waals surface area contributed by atoms with Gasteiger partial charge in [-0.25, -0.2) is 0 Å². The van der Waals surface area contributed by atoms with Gasteiger partial charge in [-0.05, 0) is 72.4 Å². The van der Waals surface area contributed by atoms with Gasteiger partial charge >= 0.3 is 0 Å². The van der Waals surface area contributed by atoms with Gasteiger partial charge in [0.1, 0.15) is 5.75 Å². The molecule has 25 heavy (non-hydrogen) atoms. The van der Waals surface area contributed by atoms with Crippen LogP contribution in [0.25, 0.3) is 11.6 Å². The topological polar surface area (TPSA) is 49.3 Å². The van der Waals surface area contributed by atoms with E-state index in [1.807, 2.05) is 44.2 Å². The minimum Gasteiger partial charge on any atom is -0.508 e. The van der Waals surface area contributed by atoms with E-state index in [0.717, 1.165) is 39.9 Å². The number of anilines is 1. The standard InChI is InChI=1S/C22H25NO2/c1-5-6-19(9-7-18-8-12-22(25)16(3)13-18)21-11-10-20(14-15(21)2)23-17(4)24/h6-14,25H,5H2,1-4H3,(H,23,24)/b9-7+,19-6?. The lowest BCUT2D eigenvalue weighted by Crippen LogP contribution is -2.06. The van der Waals surface area contributed by atoms with Gasteiger partial charge in [0.2, 0.25) is 5.91 Å². The molecule has 0 saturated carbocycles. The summed E-state index contributed by atoms with van der Waals surface area (Å²) in [4.78, 5) is 11.2. The molecule has 1 amide bonds. The van der Waals surface area contributed by atoms with Crippen molar-refractivity contribution < 1.29 is 9.90 Å². The molecule has 0 spiro atoms. The second-order valence-corrected chi connectivity index (χ2v) is 6.16. The van der Waals surface area contributed by atoms with Crippen molar-refractivity contribution in [3.05, 3.63) is 70.8 Å². The molecule has 0 aliphatic heterocycles. The number of benzene rings is 2. The molecule has 0 saturated heterocycles. The van der Waals surface area contributed by atoms with Crippen molar-refractivity contribution in [2.45, 2.75) is 34.1 Å². The van der Waals surface area contributed by atoms with Crippen molar-refractivity contribution in [2.75, 3.05) is 5.32 Å². The molecule has 0 fully saturated rings. The summed E-state index contributed by atoms with van der Waals surface area (Å²) in [7, 11) is 0. The SMILES string of the molecule is CCC=C(/C=C/c1ccc(O)c(C)c1)c1ccc(NC(C)=O)cc1C. The number of nitrogens with one attached hydrogen (secondary N) is 1. The van der Waals surface area contributed by atoms with Gasteiger partial charge < -0.3 is 10.4 Å². The van der Waals surface area contributed by atoms with E-state index in [0.29, 0.717) is 5.75 Å². The number of carbonyl (C=O) groups excluding carboxylic acids is 1. The summed E-state index contributed by atoms with van der Waals surface area (Å²) < 4.78 is 0. The number of phenolic OH excluding ortho intramolecular Hbond substituents is 1. The van der Waals surface area contributed by atoms with Crippen LogP contribution in [-0.2, 0) is 4.79 Å². The number of carbonyl (C=O) groups is 1. The molecule has 2 aromatic carbocycles. The molecule has 2 aromatic rings. The summed E-state index contributed by atoms with van der Waals surface area (Å²) in [5.74, 6) is 0.241. The van der Waals surface area contributed by atoms with Crippen LogP contribution in [0.3, 0.4) is 0 Å². The van der Waals surface area contributed by atoms with E-state index >= 15 is 0 Å². The number of allylic oxidation sites excluding steroid dienone is 3. The first-order chi connectivity index (χ1) is 11.9. The maximum absolute atomic E-state index is 11.2. The fraction of sp³-hybridized carbons (Fsp3) is 0.227. The van der Waals surface area contributed by atoms with Crippen LogP contribution in [0.15, 0.2) is 48.6 Å². The van der Waals surface area contributed by atoms with Gasteiger partial charge in [-0.3, -0.25) is 4.79 Å². The Morgan fingerprint density at radius 2 is 1.88 bits per heavy atom. The summed E-state index contributed by atoms with van der Waals surface area (Å²) in [5.41, 5.74) is 6.10. The van der Waals surface area contributed by atoms with Gasteiger partial charge in [0.25, 0.3) is 0 Å². The fourth-order valence-electron chi connectivity index (χ4n) is 2.72. The van der Waals surface area contributed by atoms with Crippen LogP contribution in [0.2, 0.25) is 0 Å². The Kier molecular flexibility index (Phi) is 6.18. The number of amides is 1. The predicted octanol–water partition coefficient (Wildman–Crippen LogP) is 5.47. The van der Waals surface area contributed by atoms with Crippen molar-refractivity contribution in [3.8, 4) is 5.75 Å². The first-order valence-electron chi connectivity index (χ1n) is 8.47. The van der Waals surface area contributed by atoms with Gasteiger partial charge in [0.05, 0.1) is 0 Å². The number of phenols is 1. The highest BCUT2D eigenvalue weighted by atomic mass is 16.3. The molecule has 0 radical (unpaired) electrons. The fourth-order valence-corrected chi connectivity index (χ4v) is 2.72. The normalized spacial score (nSPS) is 11.8. The van der Waals surface area contributed by atoms with E-state index < -0.39 is 0 Å². The zero-order valence-electron chi connectivity index (χ0n) is 15.3. The first kappa shape index (κ1) is 18.5. The number of hydrogen-bond acceptors (Lipinski definition) is 2. The smallest absolute Gasteiger partial charge is 0.221 e. The van der Waals surface area contributed by atoms with Crippen molar-refractivity contribution in [2.24, 2.45) is 0 Å². The lowest BCUT2D eigenvalue weighted by Gasteiger charge is -2.10. The zero-order valence-corrected chi connectivity index (χ0v) is 15.3. The highest BCUT2D eigenvalue weighted by Gasteiger charge is 2.05. The van der Waals surface area contributed by atoms with Crippen LogP contribution < -0.4 is 5.32 Å². The molecule has 0 atom stereocenters. The van der Waals surface area contributed by atoms with E-state index in [1.165, 1.54) is 6.92 Å². The van der Waals surface area contributed by atoms with E-state index in [1.54, 1.807) is 6.07 Å². The van der Waals surface area contributed by atoms with Crippen LogP contribution in [0.4, 0.5) is 5.69 Å². The van der Waals surface area contributed by atoms with Crippen molar-refractivity contribution >= 4 is 23.2 Å². The van der Waals surface area contributed by atoms with Crippen molar-refractivity contribution in [1.82, 2.24) is 0 Å². The monoisotopic (exact) mass is 335 g/mol. The highest BCUT2D eigenvalue weighted by molar-refractivity contribution is 5.89. The minimum atomic E-state index is -0.0703. The minimum absolute atomic E-state index is 0.0703. The van der Waals surface area contributed by atoms with E-state index in [9.17, 15) is 9.90 Å². The van der Waals surface area contributed by atoms with Crippen LogP contribution in [0.1, 0.15) is 42.5 Å². The van der Waals surface area contributed by atoms with E-state index in [2.05, 4.69) is 30.5 Å². The van der Waals surface area contributed by atoms with Gasteiger partial charge in [0, 0.05) is 12.6 Å². The first-order valence-corrected chi connectivity index (χ1v) is 8.47. The Morgan fingerprint density at radius 1 is 1.12 bits per heavy atom. The lowest BCUT2D eigenvalue weighted by atomic mass is 9.97. The Bertz CT molecular complexity index is 832. The second kappa shape index (κ2) is 8.34. The largest absolute Gasteiger partial charge is 0.508 e. The van der Waals surface area contributed by atoms with Crippen molar-refractivity contribution in [1.29, 1.82) is 0 Å². The van der Waals surface area contributed by atoms with Crippen LogP contribution in [-0.4, -0.2) is 11.0 Å². The predicted molar refractivity (Wildman–Crippen MR) is 106 cm³/mol. The van der Waals surface area contributed by atoms with E-state index in [-0.39, 0.29) is 5.91 Å². The summed E-state index contributed by atoms with van der Waals surface area (Å²) >= 11 is 0. The van der Waals surface area contributed by atoms with Gasteiger partial charge in [-0.1, -0.05) is 37.3 Å². The third-order valence-electron chi connectivity index (χ3n) is 3.96. The molecule has 0 aromatic heterocycles. The summed E-state index contributed by atoms with van der Waals surface area (Å²) in [5, 5.41) is 12.5. The number of aromatic hydroxyl groups is 1. The number of hydrogen-bond donors (Lipinski definition) is 2. The number of rotatable bonds is 5. The maximum atomic E-state index is 11.2. The maximum Gasteiger partial charge on any atom is 0.221 e. The Labute approximate surface area is 149 Å². The van der Waals surface area contributed by atoms with E-state index in [4.69, 9.17) is 0 Å². The van der Waals surface area contributed by atoms with Gasteiger partial charge in [-0.2, -0.15) is 0 Å². The summed E-state index contributed by atoms with van der Waals surface area (Å²) in [6, 6.07) is 11.5. The molecule has 0 aliphatic carbocycles.